The van der Waals surface area contributed by atoms with E-state index in [1.54, 1.807) is 12.1 Å². The number of imidazole rings is 1. The first-order chi connectivity index (χ1) is 14.8. The fourth-order valence-corrected chi connectivity index (χ4v) is 4.50. The van der Waals surface area contributed by atoms with Crippen LogP contribution in [-0.2, 0) is 17.1 Å². The average molecular weight is 434 g/mol. The van der Waals surface area contributed by atoms with Crippen molar-refractivity contribution in [3.63, 3.8) is 0 Å². The minimum Gasteiger partial charge on any atom is -0.408 e. The summed E-state index contributed by atoms with van der Waals surface area (Å²) in [5.74, 6) is -0.546. The van der Waals surface area contributed by atoms with E-state index in [-0.39, 0.29) is 4.90 Å². The molecule has 31 heavy (non-hydrogen) atoms. The number of fused-ring (bicyclic) bond motifs is 2. The Hall–Kier alpha value is -3.85. The molecule has 0 aliphatic rings. The van der Waals surface area contributed by atoms with Gasteiger partial charge in [0, 0.05) is 30.7 Å². The molecule has 0 radical (unpaired) electrons. The van der Waals surface area contributed by atoms with Crippen molar-refractivity contribution in [2.24, 2.45) is 7.05 Å². The first-order valence-electron chi connectivity index (χ1n) is 9.48. The van der Waals surface area contributed by atoms with Crippen LogP contribution in [-0.4, -0.2) is 22.4 Å². The zero-order valence-electron chi connectivity index (χ0n) is 16.7. The zero-order chi connectivity index (χ0) is 21.8. The van der Waals surface area contributed by atoms with Crippen LogP contribution < -0.4 is 10.5 Å². The highest BCUT2D eigenvalue weighted by atomic mass is 32.2. The van der Waals surface area contributed by atoms with Crippen LogP contribution in [0.3, 0.4) is 0 Å². The summed E-state index contributed by atoms with van der Waals surface area (Å²) in [5, 5.41) is 0. The summed E-state index contributed by atoms with van der Waals surface area (Å²) in [6.07, 6.45) is 3.88. The van der Waals surface area contributed by atoms with Gasteiger partial charge in [-0.1, -0.05) is 12.1 Å². The zero-order valence-corrected chi connectivity index (χ0v) is 17.6. The summed E-state index contributed by atoms with van der Waals surface area (Å²) in [6, 6.07) is 15.3. The molecule has 0 aliphatic carbocycles. The van der Waals surface area contributed by atoms with Crippen molar-refractivity contribution in [3.8, 4) is 11.3 Å². The number of nitrogens with zero attached hydrogens (tertiary/aromatic N) is 3. The molecule has 0 fully saturated rings. The summed E-state index contributed by atoms with van der Waals surface area (Å²) >= 11 is 0. The Bertz CT molecular complexity index is 1610. The fourth-order valence-electron chi connectivity index (χ4n) is 3.42. The Labute approximate surface area is 177 Å². The lowest BCUT2D eigenvalue weighted by molar-refractivity contribution is 0.528. The van der Waals surface area contributed by atoms with Gasteiger partial charge >= 0.3 is 5.76 Å². The van der Waals surface area contributed by atoms with Gasteiger partial charge in [0.25, 0.3) is 10.0 Å². The molecule has 156 valence electrons. The lowest BCUT2D eigenvalue weighted by Crippen LogP contribution is -2.13. The molecule has 3 aromatic heterocycles. The van der Waals surface area contributed by atoms with Gasteiger partial charge in [-0.15, -0.1) is 0 Å². The van der Waals surface area contributed by atoms with Gasteiger partial charge in [-0.3, -0.25) is 9.29 Å². The molecule has 0 unspecified atom stereocenters. The van der Waals surface area contributed by atoms with Crippen LogP contribution in [0.4, 0.5) is 5.69 Å². The standard InChI is InChI=1S/C22H18N4O4S/c1-14-9-10-26-13-18(23-21(26)11-14)15-3-5-16(6-4-15)24-31(28,29)17-7-8-20-19(12-17)25(2)22(27)30-20/h3-13,24H,1-2H3. The number of benzene rings is 2. The van der Waals surface area contributed by atoms with Crippen LogP contribution in [0.15, 0.2) is 81.1 Å². The van der Waals surface area contributed by atoms with Gasteiger partial charge in [-0.2, -0.15) is 0 Å². The molecule has 8 nitrogen and oxygen atoms in total. The SMILES string of the molecule is Cc1ccn2cc(-c3ccc(NS(=O)(=O)c4ccc5oc(=O)n(C)c5c4)cc3)nc2c1. The highest BCUT2D eigenvalue weighted by Gasteiger charge is 2.17. The number of hydrogen-bond acceptors (Lipinski definition) is 5. The van der Waals surface area contributed by atoms with Crippen LogP contribution >= 0.6 is 0 Å². The van der Waals surface area contributed by atoms with Crippen molar-refractivity contribution in [1.82, 2.24) is 14.0 Å². The quantitative estimate of drug-likeness (QED) is 0.466. The second-order valence-corrected chi connectivity index (χ2v) is 9.02. The van der Waals surface area contributed by atoms with E-state index in [1.807, 2.05) is 48.0 Å². The van der Waals surface area contributed by atoms with Crippen LogP contribution in [0.5, 0.6) is 0 Å². The molecule has 0 aliphatic heterocycles. The minimum absolute atomic E-state index is 0.0381. The van der Waals surface area contributed by atoms with E-state index in [4.69, 9.17) is 4.42 Å². The maximum absolute atomic E-state index is 12.8. The number of anilines is 1. The summed E-state index contributed by atoms with van der Waals surface area (Å²) in [7, 11) is -2.32. The third-order valence-corrected chi connectivity index (χ3v) is 6.50. The number of rotatable bonds is 4. The van der Waals surface area contributed by atoms with Crippen LogP contribution in [0.25, 0.3) is 28.0 Å². The summed E-state index contributed by atoms with van der Waals surface area (Å²) in [5.41, 5.74) is 4.81. The topological polar surface area (TPSA) is 98.6 Å². The molecule has 0 amide bonds. The molecule has 0 saturated heterocycles. The maximum Gasteiger partial charge on any atom is 0.419 e. The summed E-state index contributed by atoms with van der Waals surface area (Å²) in [6.45, 7) is 2.01. The highest BCUT2D eigenvalue weighted by molar-refractivity contribution is 7.92. The molecule has 9 heteroatoms. The van der Waals surface area contributed by atoms with Crippen LogP contribution in [0, 0.1) is 6.92 Å². The Morgan fingerprint density at radius 3 is 2.58 bits per heavy atom. The van der Waals surface area contributed by atoms with Crippen molar-refractivity contribution in [2.75, 3.05) is 4.72 Å². The molecular formula is C22H18N4O4S. The van der Waals surface area contributed by atoms with Gasteiger partial charge < -0.3 is 8.82 Å². The molecular weight excluding hydrogens is 416 g/mol. The van der Waals surface area contributed by atoms with Gasteiger partial charge in [0.2, 0.25) is 0 Å². The molecule has 0 spiro atoms. The monoisotopic (exact) mass is 434 g/mol. The van der Waals surface area contributed by atoms with Crippen molar-refractivity contribution in [2.45, 2.75) is 11.8 Å². The van der Waals surface area contributed by atoms with Crippen LogP contribution in [0.1, 0.15) is 5.56 Å². The highest BCUT2D eigenvalue weighted by Crippen LogP contribution is 2.24. The number of pyridine rings is 1. The first-order valence-corrected chi connectivity index (χ1v) is 11.0. The second-order valence-electron chi connectivity index (χ2n) is 7.34. The van der Waals surface area contributed by atoms with Gasteiger partial charge in [-0.05, 0) is 55.0 Å². The van der Waals surface area contributed by atoms with E-state index in [9.17, 15) is 13.2 Å². The van der Waals surface area contributed by atoms with Crippen molar-refractivity contribution in [1.29, 1.82) is 0 Å². The lowest BCUT2D eigenvalue weighted by atomic mass is 10.1. The van der Waals surface area contributed by atoms with Crippen molar-refractivity contribution in [3.05, 3.63) is 83.1 Å². The Balaban J connectivity index is 1.43. The number of oxazole rings is 1. The molecule has 0 bridgehead atoms. The molecule has 5 rings (SSSR count). The van der Waals surface area contributed by atoms with Gasteiger partial charge in [0.1, 0.15) is 5.65 Å². The minimum atomic E-state index is -3.84. The number of sulfonamides is 1. The largest absolute Gasteiger partial charge is 0.419 e. The van der Waals surface area contributed by atoms with E-state index in [0.717, 1.165) is 22.5 Å². The van der Waals surface area contributed by atoms with E-state index in [2.05, 4.69) is 9.71 Å². The van der Waals surface area contributed by atoms with E-state index in [1.165, 1.54) is 29.8 Å². The van der Waals surface area contributed by atoms with E-state index in [0.29, 0.717) is 16.8 Å². The molecule has 1 N–H and O–H groups in total. The maximum atomic E-state index is 12.8. The van der Waals surface area contributed by atoms with Gasteiger partial charge in [0.15, 0.2) is 5.58 Å². The normalized spacial score (nSPS) is 11.9. The Kier molecular flexibility index (Phi) is 4.23. The number of aryl methyl sites for hydroxylation is 2. The smallest absolute Gasteiger partial charge is 0.408 e. The molecule has 0 saturated carbocycles. The Morgan fingerprint density at radius 1 is 1.03 bits per heavy atom. The average Bonchev–Trinajstić information content (AvgIpc) is 3.28. The number of nitrogens with one attached hydrogen (secondary N) is 1. The number of hydrogen-bond donors (Lipinski definition) is 1. The Morgan fingerprint density at radius 2 is 1.81 bits per heavy atom. The third-order valence-electron chi connectivity index (χ3n) is 5.12. The predicted molar refractivity (Wildman–Crippen MR) is 118 cm³/mol. The first kappa shape index (κ1) is 19.1. The molecule has 5 aromatic rings. The summed E-state index contributed by atoms with van der Waals surface area (Å²) < 4.78 is 36.5. The van der Waals surface area contributed by atoms with E-state index < -0.39 is 15.8 Å². The number of aromatic nitrogens is 3. The third kappa shape index (κ3) is 3.38. The fraction of sp³-hybridized carbons (Fsp3) is 0.0909. The van der Waals surface area contributed by atoms with E-state index >= 15 is 0 Å². The summed E-state index contributed by atoms with van der Waals surface area (Å²) in [4.78, 5) is 16.3. The van der Waals surface area contributed by atoms with Crippen LogP contribution in [0.2, 0.25) is 0 Å². The van der Waals surface area contributed by atoms with Crippen molar-refractivity contribution >= 4 is 32.5 Å². The van der Waals surface area contributed by atoms with Crippen molar-refractivity contribution < 1.29 is 12.8 Å². The molecule has 2 aromatic carbocycles. The van der Waals surface area contributed by atoms with Gasteiger partial charge in [0.05, 0.1) is 16.1 Å². The predicted octanol–water partition coefficient (Wildman–Crippen LogP) is 3.56. The second kappa shape index (κ2) is 6.85. The molecule has 0 atom stereocenters. The van der Waals surface area contributed by atoms with Gasteiger partial charge in [-0.25, -0.2) is 18.2 Å². The lowest BCUT2D eigenvalue weighted by Gasteiger charge is -2.09. The molecule has 3 heterocycles.